The third kappa shape index (κ3) is 5.73. The Morgan fingerprint density at radius 2 is 1.09 bits per heavy atom. The Balaban J connectivity index is 1.69. The number of benzene rings is 2. The number of ether oxygens (including phenoxy) is 1. The van der Waals surface area contributed by atoms with Crippen LogP contribution in [0, 0.1) is 0 Å². The van der Waals surface area contributed by atoms with Gasteiger partial charge in [-0.3, -0.25) is 0 Å². The average Bonchev–Trinajstić information content (AvgIpc) is 2.58. The zero-order valence-corrected chi connectivity index (χ0v) is 12.5. The zero-order chi connectivity index (χ0) is 16.3. The number of rotatable bonds is 8. The normalized spacial score (nSPS) is 9.74. The standard InChI is InChI=1S/C16H16N6O/c17-21-19-15-5-1-13(2-6-15)9-11-23-12-10-14-3-7-16(8-4-14)20-22-18/h1-8H,9-12H2. The summed E-state index contributed by atoms with van der Waals surface area (Å²) in [4.78, 5) is 5.49. The summed E-state index contributed by atoms with van der Waals surface area (Å²) >= 11 is 0. The number of hydrogen-bond donors (Lipinski definition) is 0. The second-order valence-electron chi connectivity index (χ2n) is 4.82. The van der Waals surface area contributed by atoms with Gasteiger partial charge in [0.1, 0.15) is 0 Å². The number of hydrogen-bond acceptors (Lipinski definition) is 3. The molecule has 0 amide bonds. The minimum absolute atomic E-state index is 0.612. The summed E-state index contributed by atoms with van der Waals surface area (Å²) in [6.07, 6.45) is 1.62. The third-order valence-corrected chi connectivity index (χ3v) is 3.26. The van der Waals surface area contributed by atoms with Crippen molar-refractivity contribution in [3.63, 3.8) is 0 Å². The monoisotopic (exact) mass is 308 g/mol. The Bertz CT molecular complexity index is 650. The molecule has 0 spiro atoms. The lowest BCUT2D eigenvalue weighted by Crippen LogP contribution is -2.02. The van der Waals surface area contributed by atoms with Gasteiger partial charge in [0, 0.05) is 21.2 Å². The predicted molar refractivity (Wildman–Crippen MR) is 88.7 cm³/mol. The van der Waals surface area contributed by atoms with Gasteiger partial charge in [0.05, 0.1) is 13.2 Å². The van der Waals surface area contributed by atoms with Crippen molar-refractivity contribution >= 4 is 11.4 Å². The summed E-state index contributed by atoms with van der Waals surface area (Å²) in [6.45, 7) is 1.27. The van der Waals surface area contributed by atoms with E-state index in [0.717, 1.165) is 24.0 Å². The maximum atomic E-state index is 8.34. The molecule has 2 rings (SSSR count). The largest absolute Gasteiger partial charge is 0.381 e. The molecule has 0 aromatic heterocycles. The number of azide groups is 2. The molecule has 0 radical (unpaired) electrons. The minimum atomic E-state index is 0.612. The highest BCUT2D eigenvalue weighted by atomic mass is 16.5. The van der Waals surface area contributed by atoms with Gasteiger partial charge in [0.15, 0.2) is 0 Å². The molecule has 0 saturated heterocycles. The first-order chi connectivity index (χ1) is 11.3. The van der Waals surface area contributed by atoms with E-state index < -0.39 is 0 Å². The van der Waals surface area contributed by atoms with E-state index in [9.17, 15) is 0 Å². The highest BCUT2D eigenvalue weighted by molar-refractivity contribution is 5.39. The molecule has 0 heterocycles. The van der Waals surface area contributed by atoms with Crippen LogP contribution in [-0.4, -0.2) is 13.2 Å². The molecule has 0 aliphatic carbocycles. The van der Waals surface area contributed by atoms with E-state index in [0.29, 0.717) is 24.6 Å². The molecule has 0 N–H and O–H groups in total. The third-order valence-electron chi connectivity index (χ3n) is 3.26. The van der Waals surface area contributed by atoms with Crippen LogP contribution in [0.2, 0.25) is 0 Å². The topological polar surface area (TPSA) is 107 Å². The van der Waals surface area contributed by atoms with Gasteiger partial charge in [-0.25, -0.2) is 0 Å². The van der Waals surface area contributed by atoms with Gasteiger partial charge in [-0.1, -0.05) is 58.8 Å². The van der Waals surface area contributed by atoms with Crippen molar-refractivity contribution in [2.75, 3.05) is 13.2 Å². The molecule has 23 heavy (non-hydrogen) atoms. The quantitative estimate of drug-likeness (QED) is 0.278. The molecule has 2 aromatic carbocycles. The van der Waals surface area contributed by atoms with E-state index in [1.165, 1.54) is 0 Å². The molecule has 0 atom stereocenters. The van der Waals surface area contributed by atoms with E-state index in [1.54, 1.807) is 24.3 Å². The molecule has 0 aliphatic rings. The molecule has 0 fully saturated rings. The highest BCUT2D eigenvalue weighted by Crippen LogP contribution is 2.14. The van der Waals surface area contributed by atoms with Gasteiger partial charge in [0.25, 0.3) is 0 Å². The van der Waals surface area contributed by atoms with Gasteiger partial charge in [-0.05, 0) is 35.0 Å². The molecule has 116 valence electrons. The summed E-state index contributed by atoms with van der Waals surface area (Å²) in [5, 5.41) is 7.06. The van der Waals surface area contributed by atoms with Crippen molar-refractivity contribution in [3.05, 3.63) is 80.5 Å². The van der Waals surface area contributed by atoms with E-state index in [1.807, 2.05) is 24.3 Å². The van der Waals surface area contributed by atoms with E-state index in [-0.39, 0.29) is 0 Å². The Morgan fingerprint density at radius 3 is 1.43 bits per heavy atom. The van der Waals surface area contributed by atoms with Crippen LogP contribution in [0.25, 0.3) is 20.9 Å². The molecule has 7 nitrogen and oxygen atoms in total. The fraction of sp³-hybridized carbons (Fsp3) is 0.250. The summed E-state index contributed by atoms with van der Waals surface area (Å²) in [7, 11) is 0. The van der Waals surface area contributed by atoms with Crippen molar-refractivity contribution < 1.29 is 4.74 Å². The molecular formula is C16H16N6O. The van der Waals surface area contributed by atoms with Crippen molar-refractivity contribution in [3.8, 4) is 0 Å². The molecule has 7 heteroatoms. The lowest BCUT2D eigenvalue weighted by molar-refractivity contribution is 0.140. The first kappa shape index (κ1) is 16.4. The Hall–Kier alpha value is -2.98. The lowest BCUT2D eigenvalue weighted by atomic mass is 10.1. The van der Waals surface area contributed by atoms with Crippen LogP contribution in [0.15, 0.2) is 58.8 Å². The first-order valence-corrected chi connectivity index (χ1v) is 7.17. The Morgan fingerprint density at radius 1 is 0.696 bits per heavy atom. The van der Waals surface area contributed by atoms with Crippen LogP contribution in [-0.2, 0) is 17.6 Å². The van der Waals surface area contributed by atoms with Crippen molar-refractivity contribution in [1.82, 2.24) is 0 Å². The predicted octanol–water partition coefficient (Wildman–Crippen LogP) is 5.37. The van der Waals surface area contributed by atoms with Crippen LogP contribution in [0.5, 0.6) is 0 Å². The van der Waals surface area contributed by atoms with Crippen LogP contribution in [0.4, 0.5) is 11.4 Å². The van der Waals surface area contributed by atoms with E-state index in [4.69, 9.17) is 15.8 Å². The minimum Gasteiger partial charge on any atom is -0.381 e. The maximum absolute atomic E-state index is 8.34. The second kappa shape index (κ2) is 9.12. The van der Waals surface area contributed by atoms with Gasteiger partial charge < -0.3 is 4.74 Å². The fourth-order valence-electron chi connectivity index (χ4n) is 2.04. The van der Waals surface area contributed by atoms with Gasteiger partial charge in [-0.15, -0.1) is 0 Å². The fourth-order valence-corrected chi connectivity index (χ4v) is 2.04. The van der Waals surface area contributed by atoms with Gasteiger partial charge >= 0.3 is 0 Å². The summed E-state index contributed by atoms with van der Waals surface area (Å²) in [5.74, 6) is 0. The molecule has 0 saturated carbocycles. The lowest BCUT2D eigenvalue weighted by Gasteiger charge is -2.05. The molecule has 0 bridgehead atoms. The molecule has 0 unspecified atom stereocenters. The van der Waals surface area contributed by atoms with Crippen molar-refractivity contribution in [2.24, 2.45) is 10.2 Å². The van der Waals surface area contributed by atoms with E-state index in [2.05, 4.69) is 20.1 Å². The SMILES string of the molecule is [N-]=[N+]=Nc1ccc(CCOCCc2ccc(N=[N+]=[N-])cc2)cc1. The molecule has 0 aliphatic heterocycles. The highest BCUT2D eigenvalue weighted by Gasteiger charge is 1.97. The van der Waals surface area contributed by atoms with Crippen LogP contribution in [0.1, 0.15) is 11.1 Å². The van der Waals surface area contributed by atoms with Gasteiger partial charge in [-0.2, -0.15) is 0 Å². The van der Waals surface area contributed by atoms with Crippen molar-refractivity contribution in [2.45, 2.75) is 12.8 Å². The summed E-state index contributed by atoms with van der Waals surface area (Å²) in [6, 6.07) is 14.9. The van der Waals surface area contributed by atoms with Crippen LogP contribution >= 0.6 is 0 Å². The number of nitrogens with zero attached hydrogens (tertiary/aromatic N) is 6. The van der Waals surface area contributed by atoms with Crippen molar-refractivity contribution in [1.29, 1.82) is 0 Å². The Labute approximate surface area is 133 Å². The van der Waals surface area contributed by atoms with Crippen LogP contribution < -0.4 is 0 Å². The summed E-state index contributed by atoms with van der Waals surface area (Å²) < 4.78 is 5.63. The van der Waals surface area contributed by atoms with E-state index >= 15 is 0 Å². The summed E-state index contributed by atoms with van der Waals surface area (Å²) in [5.41, 5.74) is 20.2. The molecule has 2 aromatic rings. The maximum Gasteiger partial charge on any atom is 0.0506 e. The smallest absolute Gasteiger partial charge is 0.0506 e. The second-order valence-corrected chi connectivity index (χ2v) is 4.82. The zero-order valence-electron chi connectivity index (χ0n) is 12.5. The van der Waals surface area contributed by atoms with Gasteiger partial charge in [0.2, 0.25) is 0 Å². The Kier molecular flexibility index (Phi) is 6.50. The average molecular weight is 308 g/mol. The molecular weight excluding hydrogens is 292 g/mol. The first-order valence-electron chi connectivity index (χ1n) is 7.17. The van der Waals surface area contributed by atoms with Crippen LogP contribution in [0.3, 0.4) is 0 Å².